The number of ether oxygens (including phenoxy) is 1. The molecular formula is C31H30FN3O4. The van der Waals surface area contributed by atoms with E-state index in [-0.39, 0.29) is 18.3 Å². The highest BCUT2D eigenvalue weighted by molar-refractivity contribution is 5.94. The summed E-state index contributed by atoms with van der Waals surface area (Å²) in [5, 5.41) is 9.51. The summed E-state index contributed by atoms with van der Waals surface area (Å²) in [6.45, 7) is 5.79. The molecule has 1 aliphatic carbocycles. The molecule has 0 saturated heterocycles. The van der Waals surface area contributed by atoms with Crippen molar-refractivity contribution in [3.8, 4) is 22.5 Å². The molecule has 1 aromatic heterocycles. The maximum atomic E-state index is 14.1. The standard InChI is InChI=1S/C31H30FN3O4/c1-4-38-29(36)31(16-17-31)24-14-12-22(13-15-24)21-8-10-23(11-9-21)28-27(20(3)35-39-28)34-30(37)33-18-25-19(2)6-5-7-26(25)32/h5-15H,4,16-18H2,1-3H3,(H2,33,34,37). The van der Waals surface area contributed by atoms with Crippen LogP contribution >= 0.6 is 0 Å². The van der Waals surface area contributed by atoms with Crippen molar-refractivity contribution in [1.29, 1.82) is 0 Å². The molecule has 2 N–H and O–H groups in total. The van der Waals surface area contributed by atoms with Gasteiger partial charge in [0, 0.05) is 17.7 Å². The van der Waals surface area contributed by atoms with E-state index in [1.54, 1.807) is 26.0 Å². The summed E-state index contributed by atoms with van der Waals surface area (Å²) in [5.41, 5.74) is 5.42. The van der Waals surface area contributed by atoms with Crippen molar-refractivity contribution in [1.82, 2.24) is 10.5 Å². The first kappa shape index (κ1) is 26.2. The van der Waals surface area contributed by atoms with Crippen LogP contribution in [0.5, 0.6) is 0 Å². The molecule has 2 amide bonds. The van der Waals surface area contributed by atoms with E-state index in [1.165, 1.54) is 6.07 Å². The van der Waals surface area contributed by atoms with Gasteiger partial charge in [-0.3, -0.25) is 4.79 Å². The van der Waals surface area contributed by atoms with Crippen LogP contribution < -0.4 is 10.6 Å². The van der Waals surface area contributed by atoms with E-state index in [2.05, 4.69) is 15.8 Å². The summed E-state index contributed by atoms with van der Waals surface area (Å²) < 4.78 is 24.9. The number of halogens is 1. The van der Waals surface area contributed by atoms with Crippen LogP contribution in [0.3, 0.4) is 0 Å². The zero-order valence-corrected chi connectivity index (χ0v) is 22.1. The quantitative estimate of drug-likeness (QED) is 0.249. The van der Waals surface area contributed by atoms with Crippen molar-refractivity contribution in [2.45, 2.75) is 45.6 Å². The largest absolute Gasteiger partial charge is 0.465 e. The molecule has 7 nitrogen and oxygen atoms in total. The smallest absolute Gasteiger partial charge is 0.319 e. The normalized spacial score (nSPS) is 13.5. The molecule has 0 unspecified atom stereocenters. The Labute approximate surface area is 226 Å². The molecule has 1 saturated carbocycles. The van der Waals surface area contributed by atoms with Crippen LogP contribution in [-0.2, 0) is 21.5 Å². The third-order valence-electron chi connectivity index (χ3n) is 7.21. The molecule has 5 rings (SSSR count). The Morgan fingerprint density at radius 3 is 2.23 bits per heavy atom. The average Bonchev–Trinajstić information content (AvgIpc) is 3.68. The first-order chi connectivity index (χ1) is 18.8. The van der Waals surface area contributed by atoms with Crippen molar-refractivity contribution >= 4 is 17.7 Å². The third-order valence-corrected chi connectivity index (χ3v) is 7.21. The second kappa shape index (κ2) is 10.7. The van der Waals surface area contributed by atoms with Gasteiger partial charge in [-0.25, -0.2) is 9.18 Å². The lowest BCUT2D eigenvalue weighted by Gasteiger charge is -2.14. The number of nitrogens with zero attached hydrogens (tertiary/aromatic N) is 1. The van der Waals surface area contributed by atoms with Crippen LogP contribution in [0.1, 0.15) is 42.1 Å². The molecule has 0 spiro atoms. The predicted molar refractivity (Wildman–Crippen MR) is 147 cm³/mol. The van der Waals surface area contributed by atoms with E-state index in [1.807, 2.05) is 55.5 Å². The maximum absolute atomic E-state index is 14.1. The van der Waals surface area contributed by atoms with E-state index in [0.29, 0.717) is 29.3 Å². The number of carbonyl (C=O) groups is 2. The Hall–Kier alpha value is -4.46. The minimum absolute atomic E-state index is 0.0540. The molecule has 39 heavy (non-hydrogen) atoms. The van der Waals surface area contributed by atoms with Gasteiger partial charge in [-0.05, 0) is 61.9 Å². The summed E-state index contributed by atoms with van der Waals surface area (Å²) in [6.07, 6.45) is 1.63. The van der Waals surface area contributed by atoms with Gasteiger partial charge >= 0.3 is 12.0 Å². The number of rotatable bonds is 8. The van der Waals surface area contributed by atoms with Crippen LogP contribution in [0.25, 0.3) is 22.5 Å². The molecule has 1 aliphatic rings. The van der Waals surface area contributed by atoms with Gasteiger partial charge in [-0.2, -0.15) is 0 Å². The molecule has 0 radical (unpaired) electrons. The Morgan fingerprint density at radius 2 is 1.62 bits per heavy atom. The Balaban J connectivity index is 1.28. The zero-order chi connectivity index (χ0) is 27.6. The summed E-state index contributed by atoms with van der Waals surface area (Å²) in [5.74, 6) is -0.0838. The fourth-order valence-electron chi connectivity index (χ4n) is 4.73. The Kier molecular flexibility index (Phi) is 7.19. The molecule has 3 aromatic carbocycles. The highest BCUT2D eigenvalue weighted by atomic mass is 19.1. The molecule has 200 valence electrons. The highest BCUT2D eigenvalue weighted by Gasteiger charge is 2.52. The van der Waals surface area contributed by atoms with Gasteiger partial charge in [0.2, 0.25) is 0 Å². The van der Waals surface area contributed by atoms with Crippen molar-refractivity contribution in [2.24, 2.45) is 0 Å². The van der Waals surface area contributed by atoms with Crippen molar-refractivity contribution in [2.75, 3.05) is 11.9 Å². The molecule has 1 heterocycles. The van der Waals surface area contributed by atoms with Crippen molar-refractivity contribution < 1.29 is 23.2 Å². The van der Waals surface area contributed by atoms with Gasteiger partial charge in [0.05, 0.1) is 12.0 Å². The Morgan fingerprint density at radius 1 is 0.974 bits per heavy atom. The molecule has 4 aromatic rings. The molecule has 0 atom stereocenters. The number of amides is 2. The lowest BCUT2D eigenvalue weighted by atomic mass is 9.93. The minimum atomic E-state index is -0.494. The van der Waals surface area contributed by atoms with Crippen LogP contribution in [0.15, 0.2) is 71.3 Å². The van der Waals surface area contributed by atoms with Crippen LogP contribution in [0, 0.1) is 19.7 Å². The van der Waals surface area contributed by atoms with Gasteiger partial charge in [0.15, 0.2) is 5.76 Å². The fraction of sp³-hybridized carbons (Fsp3) is 0.258. The van der Waals surface area contributed by atoms with Crippen molar-refractivity contribution in [3.63, 3.8) is 0 Å². The van der Waals surface area contributed by atoms with Gasteiger partial charge in [0.1, 0.15) is 17.2 Å². The zero-order valence-electron chi connectivity index (χ0n) is 22.1. The first-order valence-corrected chi connectivity index (χ1v) is 13.0. The molecule has 0 bridgehead atoms. The third kappa shape index (κ3) is 5.27. The maximum Gasteiger partial charge on any atom is 0.319 e. The lowest BCUT2D eigenvalue weighted by molar-refractivity contribution is -0.146. The van der Waals surface area contributed by atoms with Crippen LogP contribution in [0.2, 0.25) is 0 Å². The number of carbonyl (C=O) groups excluding carboxylic acids is 2. The molecular weight excluding hydrogens is 497 g/mol. The van der Waals surface area contributed by atoms with Gasteiger partial charge < -0.3 is 19.9 Å². The van der Waals surface area contributed by atoms with Gasteiger partial charge in [-0.15, -0.1) is 0 Å². The number of hydrogen-bond donors (Lipinski definition) is 2. The summed E-state index contributed by atoms with van der Waals surface area (Å²) >= 11 is 0. The van der Waals surface area contributed by atoms with E-state index >= 15 is 0 Å². The van der Waals surface area contributed by atoms with E-state index in [9.17, 15) is 14.0 Å². The minimum Gasteiger partial charge on any atom is -0.465 e. The topological polar surface area (TPSA) is 93.5 Å². The highest BCUT2D eigenvalue weighted by Crippen LogP contribution is 2.49. The number of urea groups is 1. The van der Waals surface area contributed by atoms with Crippen LogP contribution in [-0.4, -0.2) is 23.8 Å². The molecule has 0 aliphatic heterocycles. The average molecular weight is 528 g/mol. The second-order valence-corrected chi connectivity index (χ2v) is 9.77. The molecule has 8 heteroatoms. The van der Waals surface area contributed by atoms with Gasteiger partial charge in [-0.1, -0.05) is 65.8 Å². The van der Waals surface area contributed by atoms with Gasteiger partial charge in [0.25, 0.3) is 0 Å². The number of benzene rings is 3. The number of anilines is 1. The van der Waals surface area contributed by atoms with E-state index < -0.39 is 11.4 Å². The van der Waals surface area contributed by atoms with Crippen molar-refractivity contribution in [3.05, 3.63) is 94.9 Å². The number of aromatic nitrogens is 1. The second-order valence-electron chi connectivity index (χ2n) is 9.77. The first-order valence-electron chi connectivity index (χ1n) is 13.0. The number of aryl methyl sites for hydroxylation is 2. The fourth-order valence-corrected chi connectivity index (χ4v) is 4.73. The SMILES string of the molecule is CCOC(=O)C1(c2ccc(-c3ccc(-c4onc(C)c4NC(=O)NCc4c(C)cccc4F)cc3)cc2)CC1. The number of nitrogens with one attached hydrogen (secondary N) is 2. The molecule has 1 fully saturated rings. The summed E-state index contributed by atoms with van der Waals surface area (Å²) in [7, 11) is 0. The summed E-state index contributed by atoms with van der Waals surface area (Å²) in [4.78, 5) is 25.0. The number of hydrogen-bond acceptors (Lipinski definition) is 5. The van der Waals surface area contributed by atoms with E-state index in [0.717, 1.165) is 40.7 Å². The van der Waals surface area contributed by atoms with Crippen LogP contribution in [0.4, 0.5) is 14.9 Å². The summed E-state index contributed by atoms with van der Waals surface area (Å²) in [6, 6.07) is 20.1. The Bertz CT molecular complexity index is 1490. The monoisotopic (exact) mass is 527 g/mol. The van der Waals surface area contributed by atoms with E-state index in [4.69, 9.17) is 9.26 Å². The predicted octanol–water partition coefficient (Wildman–Crippen LogP) is 6.68. The lowest BCUT2D eigenvalue weighted by Crippen LogP contribution is -2.29. The number of esters is 1.